The van der Waals surface area contributed by atoms with Gasteiger partial charge in [-0.1, -0.05) is 27.7 Å². The van der Waals surface area contributed by atoms with Gasteiger partial charge in [0.2, 0.25) is 0 Å². The van der Waals surface area contributed by atoms with Gasteiger partial charge >= 0.3 is 0 Å². The molecule has 88 valence electrons. The largest absolute Gasteiger partial charge is 0.305 e. The number of hydrogen-bond donors (Lipinski definition) is 1. The zero-order chi connectivity index (χ0) is 11.5. The fourth-order valence-corrected chi connectivity index (χ4v) is 2.58. The van der Waals surface area contributed by atoms with E-state index in [2.05, 4.69) is 26.1 Å². The van der Waals surface area contributed by atoms with E-state index >= 15 is 0 Å². The molecule has 0 saturated heterocycles. The molecule has 0 amide bonds. The third-order valence-electron chi connectivity index (χ3n) is 3.83. The van der Waals surface area contributed by atoms with Crippen molar-refractivity contribution >= 4 is 5.78 Å². The summed E-state index contributed by atoms with van der Waals surface area (Å²) in [5.74, 6) is 0.403. The topological polar surface area (TPSA) is 29.1 Å². The van der Waals surface area contributed by atoms with Crippen molar-refractivity contribution in [2.75, 3.05) is 6.54 Å². The molecular weight excluding hydrogens is 186 g/mol. The minimum Gasteiger partial charge on any atom is -0.305 e. The SMILES string of the molecule is CCNC1(C(=O)CC)CCC(C)(C)CC1. The van der Waals surface area contributed by atoms with Gasteiger partial charge in [0.25, 0.3) is 0 Å². The summed E-state index contributed by atoms with van der Waals surface area (Å²) in [4.78, 5) is 12.0. The van der Waals surface area contributed by atoms with E-state index in [0.29, 0.717) is 17.6 Å². The van der Waals surface area contributed by atoms with Crippen LogP contribution in [0.15, 0.2) is 0 Å². The van der Waals surface area contributed by atoms with E-state index in [1.54, 1.807) is 0 Å². The number of likely N-dealkylation sites (N-methyl/N-ethyl adjacent to an activating group) is 1. The zero-order valence-corrected chi connectivity index (χ0v) is 10.7. The molecule has 2 nitrogen and oxygen atoms in total. The molecule has 1 rings (SSSR count). The Labute approximate surface area is 93.8 Å². The summed E-state index contributed by atoms with van der Waals surface area (Å²) in [6, 6.07) is 0. The van der Waals surface area contributed by atoms with Gasteiger partial charge < -0.3 is 5.32 Å². The van der Waals surface area contributed by atoms with E-state index in [0.717, 1.165) is 32.2 Å². The molecule has 0 spiro atoms. The van der Waals surface area contributed by atoms with Gasteiger partial charge in [0.15, 0.2) is 5.78 Å². The van der Waals surface area contributed by atoms with Crippen LogP contribution >= 0.6 is 0 Å². The molecule has 1 aliphatic carbocycles. The summed E-state index contributed by atoms with van der Waals surface area (Å²) in [5.41, 5.74) is 0.228. The van der Waals surface area contributed by atoms with E-state index < -0.39 is 0 Å². The Morgan fingerprint density at radius 1 is 1.13 bits per heavy atom. The van der Waals surface area contributed by atoms with Crippen LogP contribution in [0.5, 0.6) is 0 Å². The first kappa shape index (κ1) is 12.7. The van der Waals surface area contributed by atoms with Gasteiger partial charge in [-0.2, -0.15) is 0 Å². The molecule has 15 heavy (non-hydrogen) atoms. The highest BCUT2D eigenvalue weighted by Crippen LogP contribution is 2.40. The molecule has 0 aromatic carbocycles. The third kappa shape index (κ3) is 2.81. The third-order valence-corrected chi connectivity index (χ3v) is 3.83. The van der Waals surface area contributed by atoms with Crippen LogP contribution in [0, 0.1) is 5.41 Å². The highest BCUT2D eigenvalue weighted by molar-refractivity contribution is 5.88. The van der Waals surface area contributed by atoms with Crippen LogP contribution in [-0.2, 0) is 4.79 Å². The average molecular weight is 211 g/mol. The Kier molecular flexibility index (Phi) is 3.93. The molecule has 0 radical (unpaired) electrons. The summed E-state index contributed by atoms with van der Waals surface area (Å²) in [6.07, 6.45) is 5.01. The van der Waals surface area contributed by atoms with Crippen LogP contribution in [0.4, 0.5) is 0 Å². The van der Waals surface area contributed by atoms with Crippen LogP contribution in [0.25, 0.3) is 0 Å². The molecule has 2 heteroatoms. The van der Waals surface area contributed by atoms with Gasteiger partial charge in [0, 0.05) is 6.42 Å². The number of ketones is 1. The van der Waals surface area contributed by atoms with E-state index in [-0.39, 0.29) is 5.54 Å². The number of nitrogens with one attached hydrogen (secondary N) is 1. The molecule has 0 unspecified atom stereocenters. The van der Waals surface area contributed by atoms with Gasteiger partial charge in [0.05, 0.1) is 5.54 Å². The predicted octanol–water partition coefficient (Wildman–Crippen LogP) is 2.91. The predicted molar refractivity (Wildman–Crippen MR) is 64.0 cm³/mol. The monoisotopic (exact) mass is 211 g/mol. The van der Waals surface area contributed by atoms with Crippen LogP contribution in [0.1, 0.15) is 59.8 Å². The Bertz CT molecular complexity index is 223. The quantitative estimate of drug-likeness (QED) is 0.774. The van der Waals surface area contributed by atoms with Gasteiger partial charge in [0.1, 0.15) is 0 Å². The second-order valence-corrected chi connectivity index (χ2v) is 5.55. The Balaban J connectivity index is 2.73. The van der Waals surface area contributed by atoms with Crippen LogP contribution in [0.3, 0.4) is 0 Å². The summed E-state index contributed by atoms with van der Waals surface area (Å²) in [6.45, 7) is 9.57. The summed E-state index contributed by atoms with van der Waals surface area (Å²) in [5, 5.41) is 3.44. The van der Waals surface area contributed by atoms with E-state index in [4.69, 9.17) is 0 Å². The number of carbonyl (C=O) groups excluding carboxylic acids is 1. The Hall–Kier alpha value is -0.370. The first-order valence-corrected chi connectivity index (χ1v) is 6.24. The molecule has 0 aromatic heterocycles. The average Bonchev–Trinajstić information content (AvgIpc) is 2.21. The summed E-state index contributed by atoms with van der Waals surface area (Å²) < 4.78 is 0. The highest BCUT2D eigenvalue weighted by atomic mass is 16.1. The Morgan fingerprint density at radius 3 is 2.07 bits per heavy atom. The maximum atomic E-state index is 12.0. The molecule has 0 aromatic rings. The van der Waals surface area contributed by atoms with Crippen molar-refractivity contribution in [3.05, 3.63) is 0 Å². The normalized spacial score (nSPS) is 23.7. The van der Waals surface area contributed by atoms with Crippen LogP contribution in [-0.4, -0.2) is 17.9 Å². The van der Waals surface area contributed by atoms with Crippen molar-refractivity contribution in [3.8, 4) is 0 Å². The van der Waals surface area contributed by atoms with E-state index in [1.165, 1.54) is 0 Å². The molecule has 0 atom stereocenters. The van der Waals surface area contributed by atoms with E-state index in [9.17, 15) is 4.79 Å². The lowest BCUT2D eigenvalue weighted by Gasteiger charge is -2.43. The number of Topliss-reactive ketones (excluding diaryl/α,β-unsaturated/α-hetero) is 1. The smallest absolute Gasteiger partial charge is 0.152 e. The lowest BCUT2D eigenvalue weighted by atomic mass is 9.67. The van der Waals surface area contributed by atoms with Crippen molar-refractivity contribution in [1.82, 2.24) is 5.32 Å². The maximum absolute atomic E-state index is 12.0. The maximum Gasteiger partial charge on any atom is 0.152 e. The molecule has 1 saturated carbocycles. The second kappa shape index (κ2) is 4.65. The van der Waals surface area contributed by atoms with E-state index in [1.807, 2.05) is 6.92 Å². The molecule has 0 bridgehead atoms. The zero-order valence-electron chi connectivity index (χ0n) is 10.7. The molecule has 1 N–H and O–H groups in total. The van der Waals surface area contributed by atoms with Crippen molar-refractivity contribution in [3.63, 3.8) is 0 Å². The van der Waals surface area contributed by atoms with Crippen molar-refractivity contribution in [2.45, 2.75) is 65.3 Å². The molecule has 0 heterocycles. The highest BCUT2D eigenvalue weighted by Gasteiger charge is 2.41. The molecule has 0 aliphatic heterocycles. The van der Waals surface area contributed by atoms with Gasteiger partial charge in [-0.05, 0) is 37.6 Å². The summed E-state index contributed by atoms with van der Waals surface area (Å²) in [7, 11) is 0. The minimum atomic E-state index is -0.195. The van der Waals surface area contributed by atoms with Crippen molar-refractivity contribution < 1.29 is 4.79 Å². The lowest BCUT2D eigenvalue weighted by molar-refractivity contribution is -0.127. The van der Waals surface area contributed by atoms with Gasteiger partial charge in [-0.3, -0.25) is 4.79 Å². The number of rotatable bonds is 4. The Morgan fingerprint density at radius 2 is 1.67 bits per heavy atom. The fourth-order valence-electron chi connectivity index (χ4n) is 2.58. The van der Waals surface area contributed by atoms with Crippen LogP contribution in [0.2, 0.25) is 0 Å². The number of carbonyl (C=O) groups is 1. The lowest BCUT2D eigenvalue weighted by Crippen LogP contribution is -2.54. The summed E-state index contributed by atoms with van der Waals surface area (Å²) >= 11 is 0. The molecule has 1 fully saturated rings. The van der Waals surface area contributed by atoms with Gasteiger partial charge in [-0.25, -0.2) is 0 Å². The molecular formula is C13H25NO. The van der Waals surface area contributed by atoms with Crippen molar-refractivity contribution in [2.24, 2.45) is 5.41 Å². The second-order valence-electron chi connectivity index (χ2n) is 5.55. The minimum absolute atomic E-state index is 0.195. The number of hydrogen-bond acceptors (Lipinski definition) is 2. The van der Waals surface area contributed by atoms with Gasteiger partial charge in [-0.15, -0.1) is 0 Å². The first-order chi connectivity index (χ1) is 6.96. The fraction of sp³-hybridized carbons (Fsp3) is 0.923. The van der Waals surface area contributed by atoms with Crippen LogP contribution < -0.4 is 5.32 Å². The molecule has 1 aliphatic rings. The standard InChI is InChI=1S/C13H25NO/c1-5-11(15)13(14-6-2)9-7-12(3,4)8-10-13/h14H,5-10H2,1-4H3. The van der Waals surface area contributed by atoms with Crippen molar-refractivity contribution in [1.29, 1.82) is 0 Å². The first-order valence-electron chi connectivity index (χ1n) is 6.24.